The van der Waals surface area contributed by atoms with E-state index >= 15 is 4.39 Å². The highest BCUT2D eigenvalue weighted by molar-refractivity contribution is 6.38. The highest BCUT2D eigenvalue weighted by Gasteiger charge is 2.32. The zero-order chi connectivity index (χ0) is 20.2. The average Bonchev–Trinajstić information content (AvgIpc) is 3.48. The summed E-state index contributed by atoms with van der Waals surface area (Å²) in [5.74, 6) is -1.90. The first-order valence-electron chi connectivity index (χ1n) is 9.58. The molecule has 2 heterocycles. The highest BCUT2D eigenvalue weighted by Crippen LogP contribution is 2.42. The maximum Gasteiger partial charge on any atom is 0.341 e. The molecule has 2 aliphatic rings. The molecular formula is C20H23ClFN3O3. The van der Waals surface area contributed by atoms with Gasteiger partial charge in [-0.2, -0.15) is 0 Å². The number of nitrogens with zero attached hydrogens (tertiary/aromatic N) is 3. The van der Waals surface area contributed by atoms with Crippen molar-refractivity contribution in [3.05, 3.63) is 38.9 Å². The summed E-state index contributed by atoms with van der Waals surface area (Å²) in [6.07, 6.45) is 4.06. The number of pyridine rings is 1. The van der Waals surface area contributed by atoms with Gasteiger partial charge in [0.1, 0.15) is 11.4 Å². The molecule has 1 aliphatic heterocycles. The van der Waals surface area contributed by atoms with Gasteiger partial charge in [0.2, 0.25) is 5.43 Å². The zero-order valence-electron chi connectivity index (χ0n) is 15.9. The first kappa shape index (κ1) is 19.2. The third kappa shape index (κ3) is 3.06. The van der Waals surface area contributed by atoms with Crippen LogP contribution in [0.25, 0.3) is 10.9 Å². The molecular weight excluding hydrogens is 385 g/mol. The van der Waals surface area contributed by atoms with E-state index < -0.39 is 17.2 Å². The smallest absolute Gasteiger partial charge is 0.341 e. The van der Waals surface area contributed by atoms with E-state index in [4.69, 9.17) is 11.6 Å². The summed E-state index contributed by atoms with van der Waals surface area (Å²) < 4.78 is 16.9. The Kier molecular flexibility index (Phi) is 4.83. The standard InChI is InChI=1S/C20H23ClFN3O3/c1-3-11-9-24(7-6-23(11)2)18-15(22)8-13-17(16(18)21)25(12-4-5-12)10-14(19(13)26)20(27)28/h8,10-12H,3-7,9H2,1-2H3,(H,27,28). The SMILES string of the molecule is CCC1CN(c2c(F)cc3c(=O)c(C(=O)O)cn(C4CC4)c3c2Cl)CCN1C. The number of anilines is 1. The number of hydrogen-bond acceptors (Lipinski definition) is 4. The third-order valence-corrected chi connectivity index (χ3v) is 6.28. The number of carboxylic acid groups (broad SMARTS) is 1. The second-order valence-electron chi connectivity index (χ2n) is 7.72. The van der Waals surface area contributed by atoms with Crippen LogP contribution in [0.5, 0.6) is 0 Å². The van der Waals surface area contributed by atoms with Gasteiger partial charge in [-0.15, -0.1) is 0 Å². The minimum absolute atomic E-state index is 0.0271. The van der Waals surface area contributed by atoms with Crippen LogP contribution in [0.15, 0.2) is 17.1 Å². The second kappa shape index (κ2) is 7.04. The van der Waals surface area contributed by atoms with E-state index in [-0.39, 0.29) is 22.0 Å². The molecule has 2 fully saturated rings. The van der Waals surface area contributed by atoms with Gasteiger partial charge in [0.05, 0.1) is 21.6 Å². The summed E-state index contributed by atoms with van der Waals surface area (Å²) >= 11 is 6.69. The Hall–Kier alpha value is -2.12. The highest BCUT2D eigenvalue weighted by atomic mass is 35.5. The molecule has 1 saturated carbocycles. The van der Waals surface area contributed by atoms with Gasteiger partial charge in [-0.3, -0.25) is 9.69 Å². The molecule has 1 saturated heterocycles. The van der Waals surface area contributed by atoms with Gasteiger partial charge in [0.25, 0.3) is 0 Å². The summed E-state index contributed by atoms with van der Waals surface area (Å²) in [7, 11) is 2.06. The fraction of sp³-hybridized carbons (Fsp3) is 0.500. The van der Waals surface area contributed by atoms with Crippen LogP contribution in [0, 0.1) is 5.82 Å². The summed E-state index contributed by atoms with van der Waals surface area (Å²) in [6.45, 7) is 4.17. The van der Waals surface area contributed by atoms with Crippen molar-refractivity contribution in [2.75, 3.05) is 31.6 Å². The predicted octanol–water partition coefficient (Wildman–Crippen LogP) is 3.36. The zero-order valence-corrected chi connectivity index (χ0v) is 16.7. The molecule has 1 N–H and O–H groups in total. The van der Waals surface area contributed by atoms with Crippen LogP contribution in [0.2, 0.25) is 5.02 Å². The van der Waals surface area contributed by atoms with E-state index in [2.05, 4.69) is 18.9 Å². The van der Waals surface area contributed by atoms with Crippen molar-refractivity contribution in [3.8, 4) is 0 Å². The summed E-state index contributed by atoms with van der Waals surface area (Å²) in [4.78, 5) is 28.3. The van der Waals surface area contributed by atoms with E-state index in [1.807, 2.05) is 4.90 Å². The Morgan fingerprint density at radius 1 is 1.36 bits per heavy atom. The number of piperazine rings is 1. The lowest BCUT2D eigenvalue weighted by Gasteiger charge is -2.40. The molecule has 1 atom stereocenters. The normalized spacial score (nSPS) is 20.7. The third-order valence-electron chi connectivity index (χ3n) is 5.92. The van der Waals surface area contributed by atoms with Crippen LogP contribution in [0.1, 0.15) is 42.6 Å². The number of hydrogen-bond donors (Lipinski definition) is 1. The molecule has 2 aromatic rings. The number of halogens is 2. The van der Waals surface area contributed by atoms with Crippen molar-refractivity contribution in [2.24, 2.45) is 0 Å². The average molecular weight is 408 g/mol. The van der Waals surface area contributed by atoms with Crippen LogP contribution in [-0.4, -0.2) is 53.3 Å². The molecule has 28 heavy (non-hydrogen) atoms. The molecule has 0 amide bonds. The maximum absolute atomic E-state index is 15.1. The molecule has 0 radical (unpaired) electrons. The van der Waals surface area contributed by atoms with Gasteiger partial charge in [-0.25, -0.2) is 9.18 Å². The molecule has 0 spiro atoms. The van der Waals surface area contributed by atoms with Crippen molar-refractivity contribution >= 4 is 34.2 Å². The largest absolute Gasteiger partial charge is 0.477 e. The fourth-order valence-corrected chi connectivity index (χ4v) is 4.51. The molecule has 150 valence electrons. The second-order valence-corrected chi connectivity index (χ2v) is 8.10. The van der Waals surface area contributed by atoms with Crippen molar-refractivity contribution < 1.29 is 14.3 Å². The Morgan fingerprint density at radius 3 is 2.68 bits per heavy atom. The number of carboxylic acids is 1. The molecule has 6 nitrogen and oxygen atoms in total. The molecule has 1 unspecified atom stereocenters. The number of aromatic carboxylic acids is 1. The van der Waals surface area contributed by atoms with Crippen molar-refractivity contribution in [1.29, 1.82) is 0 Å². The van der Waals surface area contributed by atoms with Gasteiger partial charge in [0, 0.05) is 37.9 Å². The van der Waals surface area contributed by atoms with Gasteiger partial charge in [-0.1, -0.05) is 18.5 Å². The van der Waals surface area contributed by atoms with Gasteiger partial charge >= 0.3 is 5.97 Å². The van der Waals surface area contributed by atoms with Crippen molar-refractivity contribution in [3.63, 3.8) is 0 Å². The van der Waals surface area contributed by atoms with Gasteiger partial charge < -0.3 is 14.6 Å². The lowest BCUT2D eigenvalue weighted by atomic mass is 10.1. The van der Waals surface area contributed by atoms with Crippen molar-refractivity contribution in [1.82, 2.24) is 9.47 Å². The van der Waals surface area contributed by atoms with Gasteiger partial charge in [0.15, 0.2) is 0 Å². The molecule has 8 heteroatoms. The monoisotopic (exact) mass is 407 g/mol. The van der Waals surface area contributed by atoms with E-state index in [9.17, 15) is 14.7 Å². The summed E-state index contributed by atoms with van der Waals surface area (Å²) in [5.41, 5.74) is -0.315. The quantitative estimate of drug-likeness (QED) is 0.841. The van der Waals surface area contributed by atoms with Gasteiger partial charge in [-0.05, 0) is 32.4 Å². The fourth-order valence-electron chi connectivity index (χ4n) is 4.10. The predicted molar refractivity (Wildman–Crippen MR) is 107 cm³/mol. The maximum atomic E-state index is 15.1. The first-order valence-corrected chi connectivity index (χ1v) is 9.96. The van der Waals surface area contributed by atoms with Crippen LogP contribution >= 0.6 is 11.6 Å². The lowest BCUT2D eigenvalue weighted by Crippen LogP contribution is -2.51. The number of benzene rings is 1. The van der Waals surface area contributed by atoms with Crippen molar-refractivity contribution in [2.45, 2.75) is 38.3 Å². The minimum Gasteiger partial charge on any atom is -0.477 e. The number of aromatic nitrogens is 1. The Bertz CT molecular complexity index is 1020. The molecule has 0 bridgehead atoms. The summed E-state index contributed by atoms with van der Waals surface area (Å²) in [5, 5.41) is 9.59. The lowest BCUT2D eigenvalue weighted by molar-refractivity contribution is 0.0695. The number of fused-ring (bicyclic) bond motifs is 1. The van der Waals surface area contributed by atoms with E-state index in [1.165, 1.54) is 6.20 Å². The van der Waals surface area contributed by atoms with Crippen LogP contribution in [0.4, 0.5) is 10.1 Å². The molecule has 1 aliphatic carbocycles. The molecule has 4 rings (SSSR count). The topological polar surface area (TPSA) is 65.8 Å². The number of carbonyl (C=O) groups is 1. The van der Waals surface area contributed by atoms with E-state index in [0.29, 0.717) is 30.3 Å². The number of rotatable bonds is 4. The number of likely N-dealkylation sites (N-methyl/N-ethyl adjacent to an activating group) is 1. The Morgan fingerprint density at radius 2 is 2.07 bits per heavy atom. The van der Waals surface area contributed by atoms with Crippen LogP contribution in [-0.2, 0) is 0 Å². The van der Waals surface area contributed by atoms with E-state index in [1.54, 1.807) is 4.57 Å². The minimum atomic E-state index is -1.31. The first-order chi connectivity index (χ1) is 13.3. The van der Waals surface area contributed by atoms with E-state index in [0.717, 1.165) is 31.9 Å². The summed E-state index contributed by atoms with van der Waals surface area (Å²) in [6, 6.07) is 1.54. The van der Waals surface area contributed by atoms with Crippen LogP contribution < -0.4 is 10.3 Å². The van der Waals surface area contributed by atoms with Crippen LogP contribution in [0.3, 0.4) is 0 Å². The molecule has 1 aromatic heterocycles. The molecule has 1 aromatic carbocycles. The Labute approximate surface area is 167 Å². The Balaban J connectivity index is 1.93.